The topological polar surface area (TPSA) is 23.5 Å². The second kappa shape index (κ2) is 6.77. The van der Waals surface area contributed by atoms with Crippen LogP contribution in [0.25, 0.3) is 0 Å². The molecule has 1 heterocycles. The molecule has 2 rings (SSSR count). The Morgan fingerprint density at radius 1 is 1.00 bits per heavy atom. The minimum absolute atomic E-state index is 0.306. The lowest BCUT2D eigenvalue weighted by Crippen LogP contribution is -2.26. The number of benzene rings is 1. The summed E-state index contributed by atoms with van der Waals surface area (Å²) in [7, 11) is 0. The molecular weight excluding hydrogens is 210 g/mol. The maximum Gasteiger partial charge on any atom is 0.0802 e. The van der Waals surface area contributed by atoms with Gasteiger partial charge in [0.1, 0.15) is 0 Å². The highest BCUT2D eigenvalue weighted by atomic mass is 16.3. The molecule has 0 saturated carbocycles. The normalized spacial score (nSPS) is 19.8. The van der Waals surface area contributed by atoms with E-state index in [1.807, 2.05) is 30.3 Å². The van der Waals surface area contributed by atoms with E-state index in [0.717, 1.165) is 18.5 Å². The van der Waals surface area contributed by atoms with E-state index in [1.165, 1.54) is 38.8 Å². The number of likely N-dealkylation sites (tertiary alicyclic amines) is 1. The van der Waals surface area contributed by atoms with Crippen molar-refractivity contribution in [1.29, 1.82) is 0 Å². The SMILES string of the molecule is O[C@H](CCN1CCCCCC1)c1ccccc1. The van der Waals surface area contributed by atoms with E-state index in [9.17, 15) is 5.11 Å². The molecule has 0 spiro atoms. The zero-order valence-electron chi connectivity index (χ0n) is 10.5. The summed E-state index contributed by atoms with van der Waals surface area (Å²) < 4.78 is 0. The van der Waals surface area contributed by atoms with Crippen LogP contribution in [0.1, 0.15) is 43.8 Å². The number of aliphatic hydroxyl groups is 1. The van der Waals surface area contributed by atoms with Crippen molar-refractivity contribution in [1.82, 2.24) is 4.90 Å². The number of rotatable bonds is 4. The first kappa shape index (κ1) is 12.6. The van der Waals surface area contributed by atoms with E-state index in [4.69, 9.17) is 0 Å². The van der Waals surface area contributed by atoms with E-state index in [-0.39, 0.29) is 6.10 Å². The van der Waals surface area contributed by atoms with Crippen LogP contribution >= 0.6 is 0 Å². The van der Waals surface area contributed by atoms with Gasteiger partial charge in [-0.2, -0.15) is 0 Å². The van der Waals surface area contributed by atoms with E-state index >= 15 is 0 Å². The fourth-order valence-electron chi connectivity index (χ4n) is 2.51. The van der Waals surface area contributed by atoms with Crippen molar-refractivity contribution in [3.63, 3.8) is 0 Å². The largest absolute Gasteiger partial charge is 0.388 e. The van der Waals surface area contributed by atoms with Crippen LogP contribution in [0.3, 0.4) is 0 Å². The van der Waals surface area contributed by atoms with Crippen molar-refractivity contribution < 1.29 is 5.11 Å². The van der Waals surface area contributed by atoms with Crippen LogP contribution in [0.4, 0.5) is 0 Å². The molecule has 1 N–H and O–H groups in total. The Hall–Kier alpha value is -0.860. The van der Waals surface area contributed by atoms with Crippen molar-refractivity contribution in [3.8, 4) is 0 Å². The Morgan fingerprint density at radius 2 is 1.65 bits per heavy atom. The summed E-state index contributed by atoms with van der Waals surface area (Å²) in [6.07, 6.45) is 5.93. The summed E-state index contributed by atoms with van der Waals surface area (Å²) in [5.74, 6) is 0. The van der Waals surface area contributed by atoms with Gasteiger partial charge in [-0.15, -0.1) is 0 Å². The first-order valence-corrected chi connectivity index (χ1v) is 6.81. The van der Waals surface area contributed by atoms with Crippen LogP contribution in [0.5, 0.6) is 0 Å². The van der Waals surface area contributed by atoms with Crippen LogP contribution < -0.4 is 0 Å². The van der Waals surface area contributed by atoms with Gasteiger partial charge in [-0.25, -0.2) is 0 Å². The average Bonchev–Trinajstić information content (AvgIpc) is 2.65. The fraction of sp³-hybridized carbons (Fsp3) is 0.600. The quantitative estimate of drug-likeness (QED) is 0.864. The van der Waals surface area contributed by atoms with Gasteiger partial charge >= 0.3 is 0 Å². The third kappa shape index (κ3) is 4.14. The maximum atomic E-state index is 10.1. The van der Waals surface area contributed by atoms with Gasteiger partial charge in [0.25, 0.3) is 0 Å². The first-order chi connectivity index (χ1) is 8.36. The molecule has 1 aromatic carbocycles. The Balaban J connectivity index is 1.77. The maximum absolute atomic E-state index is 10.1. The molecule has 2 nitrogen and oxygen atoms in total. The van der Waals surface area contributed by atoms with E-state index in [1.54, 1.807) is 0 Å². The molecule has 0 radical (unpaired) electrons. The number of hydrogen-bond donors (Lipinski definition) is 1. The van der Waals surface area contributed by atoms with E-state index < -0.39 is 0 Å². The van der Waals surface area contributed by atoms with Gasteiger partial charge in [0, 0.05) is 6.54 Å². The Labute approximate surface area is 104 Å². The smallest absolute Gasteiger partial charge is 0.0802 e. The number of nitrogens with zero attached hydrogens (tertiary/aromatic N) is 1. The molecule has 1 aromatic rings. The van der Waals surface area contributed by atoms with Gasteiger partial charge in [-0.3, -0.25) is 0 Å². The molecule has 0 aliphatic carbocycles. The lowest BCUT2D eigenvalue weighted by molar-refractivity contribution is 0.143. The summed E-state index contributed by atoms with van der Waals surface area (Å²) in [5.41, 5.74) is 1.04. The second-order valence-electron chi connectivity index (χ2n) is 4.97. The van der Waals surface area contributed by atoms with Crippen LogP contribution in [-0.2, 0) is 0 Å². The molecule has 1 atom stereocenters. The second-order valence-corrected chi connectivity index (χ2v) is 4.97. The molecule has 1 aliphatic rings. The van der Waals surface area contributed by atoms with Crippen molar-refractivity contribution in [2.45, 2.75) is 38.2 Å². The first-order valence-electron chi connectivity index (χ1n) is 6.81. The van der Waals surface area contributed by atoms with Crippen LogP contribution in [-0.4, -0.2) is 29.6 Å². The minimum atomic E-state index is -0.306. The summed E-state index contributed by atoms with van der Waals surface area (Å²) in [6.45, 7) is 3.44. The predicted octanol–water partition coefficient (Wildman–Crippen LogP) is 2.99. The van der Waals surface area contributed by atoms with Crippen LogP contribution in [0, 0.1) is 0 Å². The summed E-state index contributed by atoms with van der Waals surface area (Å²) >= 11 is 0. The molecule has 0 amide bonds. The van der Waals surface area contributed by atoms with Gasteiger partial charge < -0.3 is 10.0 Å². The third-order valence-corrected chi connectivity index (χ3v) is 3.60. The number of hydrogen-bond acceptors (Lipinski definition) is 2. The Bertz CT molecular complexity index is 304. The van der Waals surface area contributed by atoms with Crippen LogP contribution in [0.15, 0.2) is 30.3 Å². The summed E-state index contributed by atoms with van der Waals surface area (Å²) in [6, 6.07) is 9.99. The van der Waals surface area contributed by atoms with Crippen LogP contribution in [0.2, 0.25) is 0 Å². The average molecular weight is 233 g/mol. The molecule has 1 aliphatic heterocycles. The van der Waals surface area contributed by atoms with Gasteiger partial charge in [0.05, 0.1) is 6.10 Å². The zero-order valence-corrected chi connectivity index (χ0v) is 10.5. The molecule has 94 valence electrons. The predicted molar refractivity (Wildman–Crippen MR) is 70.9 cm³/mol. The molecule has 17 heavy (non-hydrogen) atoms. The molecular formula is C15H23NO. The molecule has 0 unspecified atom stereocenters. The van der Waals surface area contributed by atoms with Crippen molar-refractivity contribution >= 4 is 0 Å². The summed E-state index contributed by atoms with van der Waals surface area (Å²) in [4.78, 5) is 2.50. The third-order valence-electron chi connectivity index (χ3n) is 3.60. The van der Waals surface area contributed by atoms with E-state index in [2.05, 4.69) is 4.90 Å². The molecule has 0 bridgehead atoms. The van der Waals surface area contributed by atoms with Gasteiger partial charge in [0.15, 0.2) is 0 Å². The van der Waals surface area contributed by atoms with Crippen molar-refractivity contribution in [3.05, 3.63) is 35.9 Å². The minimum Gasteiger partial charge on any atom is -0.388 e. The van der Waals surface area contributed by atoms with E-state index in [0.29, 0.717) is 0 Å². The number of aliphatic hydroxyl groups excluding tert-OH is 1. The molecule has 0 aromatic heterocycles. The van der Waals surface area contributed by atoms with Gasteiger partial charge in [-0.1, -0.05) is 43.2 Å². The Morgan fingerprint density at radius 3 is 2.29 bits per heavy atom. The standard InChI is InChI=1S/C15H23NO/c17-15(14-8-4-3-5-9-14)10-13-16-11-6-1-2-7-12-16/h3-5,8-9,15,17H,1-2,6-7,10-13H2/t15-/m1/s1. The Kier molecular flexibility index (Phi) is 5.02. The zero-order chi connectivity index (χ0) is 11.9. The molecule has 1 fully saturated rings. The summed E-state index contributed by atoms with van der Waals surface area (Å²) in [5, 5.41) is 10.1. The monoisotopic (exact) mass is 233 g/mol. The van der Waals surface area contributed by atoms with Gasteiger partial charge in [-0.05, 0) is 37.9 Å². The lowest BCUT2D eigenvalue weighted by Gasteiger charge is -2.21. The molecule has 1 saturated heterocycles. The highest BCUT2D eigenvalue weighted by Crippen LogP contribution is 2.17. The van der Waals surface area contributed by atoms with Gasteiger partial charge in [0.2, 0.25) is 0 Å². The lowest BCUT2D eigenvalue weighted by atomic mass is 10.1. The fourth-order valence-corrected chi connectivity index (χ4v) is 2.51. The van der Waals surface area contributed by atoms with Crippen molar-refractivity contribution in [2.24, 2.45) is 0 Å². The highest BCUT2D eigenvalue weighted by molar-refractivity contribution is 5.17. The molecule has 2 heteroatoms. The highest BCUT2D eigenvalue weighted by Gasteiger charge is 2.12. The van der Waals surface area contributed by atoms with Crippen molar-refractivity contribution in [2.75, 3.05) is 19.6 Å².